The molecule has 2 aromatic heterocycles. The van der Waals surface area contributed by atoms with Crippen LogP contribution in [-0.4, -0.2) is 21.9 Å². The van der Waals surface area contributed by atoms with Gasteiger partial charge in [-0.15, -0.1) is 0 Å². The lowest BCUT2D eigenvalue weighted by Crippen LogP contribution is -2.24. The zero-order valence-electron chi connectivity index (χ0n) is 11.3. The number of pyridine rings is 2. The summed E-state index contributed by atoms with van der Waals surface area (Å²) < 4.78 is 0.688. The maximum Gasteiger partial charge on any atom is 0.271 e. The molecule has 21 heavy (non-hydrogen) atoms. The zero-order valence-corrected chi connectivity index (χ0v) is 12.9. The van der Waals surface area contributed by atoms with Crippen LogP contribution in [0.2, 0.25) is 0 Å². The van der Waals surface area contributed by atoms with Crippen LogP contribution in [0.1, 0.15) is 28.9 Å². The lowest BCUT2D eigenvalue weighted by molar-refractivity contribution is 0.0945. The van der Waals surface area contributed by atoms with Crippen LogP contribution in [0, 0.1) is 0 Å². The summed E-state index contributed by atoms with van der Waals surface area (Å²) in [4.78, 5) is 20.4. The van der Waals surface area contributed by atoms with E-state index in [1.165, 1.54) is 12.8 Å². The third-order valence-electron chi connectivity index (χ3n) is 3.18. The minimum absolute atomic E-state index is 0.198. The average molecular weight is 347 g/mol. The van der Waals surface area contributed by atoms with E-state index < -0.39 is 0 Å². The standard InChI is InChI=1S/C15H15BrN4O/c16-12-2-1-6-18-14(12)15(21)19-9-10-5-7-17-13(8-10)20-11-3-4-11/h1-2,5-8,11H,3-4,9H2,(H,17,20)(H,19,21). The molecule has 0 aromatic carbocycles. The molecule has 1 aliphatic rings. The van der Waals surface area contributed by atoms with Crippen LogP contribution in [-0.2, 0) is 6.54 Å². The average Bonchev–Trinajstić information content (AvgIpc) is 3.30. The van der Waals surface area contributed by atoms with Crippen molar-refractivity contribution in [1.29, 1.82) is 0 Å². The Morgan fingerprint density at radius 3 is 2.90 bits per heavy atom. The predicted octanol–water partition coefficient (Wildman–Crippen LogP) is 2.74. The Morgan fingerprint density at radius 2 is 2.14 bits per heavy atom. The van der Waals surface area contributed by atoms with Gasteiger partial charge in [-0.3, -0.25) is 4.79 Å². The fraction of sp³-hybridized carbons (Fsp3) is 0.267. The quantitative estimate of drug-likeness (QED) is 0.873. The molecule has 0 bridgehead atoms. The second-order valence-electron chi connectivity index (χ2n) is 4.98. The van der Waals surface area contributed by atoms with Crippen LogP contribution >= 0.6 is 15.9 Å². The maximum absolute atomic E-state index is 12.1. The fourth-order valence-corrected chi connectivity index (χ4v) is 2.35. The molecule has 0 aliphatic heterocycles. The maximum atomic E-state index is 12.1. The Morgan fingerprint density at radius 1 is 1.29 bits per heavy atom. The van der Waals surface area contributed by atoms with Gasteiger partial charge >= 0.3 is 0 Å². The van der Waals surface area contributed by atoms with Crippen LogP contribution in [0.5, 0.6) is 0 Å². The minimum atomic E-state index is -0.198. The highest BCUT2D eigenvalue weighted by Gasteiger charge is 2.21. The number of nitrogens with zero attached hydrogens (tertiary/aromatic N) is 2. The van der Waals surface area contributed by atoms with Crippen molar-refractivity contribution in [3.05, 3.63) is 52.4 Å². The largest absolute Gasteiger partial charge is 0.367 e. The number of amides is 1. The highest BCUT2D eigenvalue weighted by molar-refractivity contribution is 9.10. The van der Waals surface area contributed by atoms with Gasteiger partial charge in [-0.25, -0.2) is 9.97 Å². The number of halogens is 1. The molecule has 1 saturated carbocycles. The molecule has 0 unspecified atom stereocenters. The first-order chi connectivity index (χ1) is 10.2. The van der Waals surface area contributed by atoms with Crippen molar-refractivity contribution in [1.82, 2.24) is 15.3 Å². The third-order valence-corrected chi connectivity index (χ3v) is 3.82. The molecular weight excluding hydrogens is 332 g/mol. The van der Waals surface area contributed by atoms with Crippen molar-refractivity contribution >= 4 is 27.7 Å². The molecule has 2 aromatic rings. The van der Waals surface area contributed by atoms with E-state index >= 15 is 0 Å². The van der Waals surface area contributed by atoms with Crippen LogP contribution < -0.4 is 10.6 Å². The van der Waals surface area contributed by atoms with E-state index in [1.54, 1.807) is 24.5 Å². The molecule has 1 aliphatic carbocycles. The van der Waals surface area contributed by atoms with Gasteiger partial charge in [0.2, 0.25) is 0 Å². The lowest BCUT2D eigenvalue weighted by atomic mass is 10.2. The SMILES string of the molecule is O=C(NCc1ccnc(NC2CC2)c1)c1ncccc1Br. The van der Waals surface area contributed by atoms with E-state index in [4.69, 9.17) is 0 Å². The van der Waals surface area contributed by atoms with Crippen LogP contribution in [0.15, 0.2) is 41.1 Å². The second-order valence-corrected chi connectivity index (χ2v) is 5.84. The molecule has 6 heteroatoms. The Hall–Kier alpha value is -1.95. The highest BCUT2D eigenvalue weighted by atomic mass is 79.9. The van der Waals surface area contributed by atoms with Crippen molar-refractivity contribution < 1.29 is 4.79 Å². The van der Waals surface area contributed by atoms with E-state index in [9.17, 15) is 4.79 Å². The summed E-state index contributed by atoms with van der Waals surface area (Å²) in [5.74, 6) is 0.666. The van der Waals surface area contributed by atoms with E-state index in [2.05, 4.69) is 36.5 Å². The summed E-state index contributed by atoms with van der Waals surface area (Å²) in [7, 11) is 0. The van der Waals surface area contributed by atoms with E-state index in [1.807, 2.05) is 12.1 Å². The number of aromatic nitrogens is 2. The van der Waals surface area contributed by atoms with Crippen molar-refractivity contribution in [3.8, 4) is 0 Å². The van der Waals surface area contributed by atoms with Gasteiger partial charge in [-0.1, -0.05) is 0 Å². The van der Waals surface area contributed by atoms with Gasteiger partial charge in [0, 0.05) is 29.5 Å². The van der Waals surface area contributed by atoms with Crippen LogP contribution in [0.3, 0.4) is 0 Å². The molecule has 2 N–H and O–H groups in total. The first kappa shape index (κ1) is 14.0. The Labute approximate surface area is 131 Å². The van der Waals surface area contributed by atoms with Crippen molar-refractivity contribution in [2.24, 2.45) is 0 Å². The van der Waals surface area contributed by atoms with Gasteiger partial charge in [0.1, 0.15) is 11.5 Å². The van der Waals surface area contributed by atoms with Gasteiger partial charge in [-0.2, -0.15) is 0 Å². The van der Waals surface area contributed by atoms with Gasteiger partial charge < -0.3 is 10.6 Å². The Bertz CT molecular complexity index is 658. The molecule has 0 saturated heterocycles. The fourth-order valence-electron chi connectivity index (χ4n) is 1.92. The summed E-state index contributed by atoms with van der Waals surface area (Å²) in [6.45, 7) is 0.448. The molecule has 0 spiro atoms. The second kappa shape index (κ2) is 6.22. The topological polar surface area (TPSA) is 66.9 Å². The summed E-state index contributed by atoms with van der Waals surface area (Å²) in [5.41, 5.74) is 1.40. The van der Waals surface area contributed by atoms with E-state index in [0.717, 1.165) is 11.4 Å². The molecule has 1 fully saturated rings. The summed E-state index contributed by atoms with van der Waals surface area (Å²) in [6.07, 6.45) is 5.76. The minimum Gasteiger partial charge on any atom is -0.367 e. The molecule has 3 rings (SSSR count). The number of hydrogen-bond donors (Lipinski definition) is 2. The number of anilines is 1. The zero-order chi connectivity index (χ0) is 14.7. The summed E-state index contributed by atoms with van der Waals surface area (Å²) in [6, 6.07) is 8.00. The molecule has 0 atom stereocenters. The number of hydrogen-bond acceptors (Lipinski definition) is 4. The van der Waals surface area contributed by atoms with Gasteiger partial charge in [0.05, 0.1) is 0 Å². The molecule has 2 heterocycles. The van der Waals surface area contributed by atoms with E-state index in [-0.39, 0.29) is 5.91 Å². The van der Waals surface area contributed by atoms with Crippen LogP contribution in [0.4, 0.5) is 5.82 Å². The first-order valence-electron chi connectivity index (χ1n) is 6.82. The molecule has 1 amide bonds. The number of carbonyl (C=O) groups is 1. The van der Waals surface area contributed by atoms with Crippen molar-refractivity contribution in [2.45, 2.75) is 25.4 Å². The van der Waals surface area contributed by atoms with Crippen molar-refractivity contribution in [2.75, 3.05) is 5.32 Å². The predicted molar refractivity (Wildman–Crippen MR) is 84.0 cm³/mol. The van der Waals surface area contributed by atoms with Gasteiger partial charge in [0.25, 0.3) is 5.91 Å². The number of rotatable bonds is 5. The molecule has 5 nitrogen and oxygen atoms in total. The monoisotopic (exact) mass is 346 g/mol. The lowest BCUT2D eigenvalue weighted by Gasteiger charge is -2.08. The van der Waals surface area contributed by atoms with Crippen molar-refractivity contribution in [3.63, 3.8) is 0 Å². The molecule has 108 valence electrons. The van der Waals surface area contributed by atoms with Gasteiger partial charge in [0.15, 0.2) is 0 Å². The summed E-state index contributed by atoms with van der Waals surface area (Å²) >= 11 is 3.33. The summed E-state index contributed by atoms with van der Waals surface area (Å²) in [5, 5.41) is 6.21. The Balaban J connectivity index is 1.61. The smallest absolute Gasteiger partial charge is 0.271 e. The van der Waals surface area contributed by atoms with Gasteiger partial charge in [-0.05, 0) is 58.6 Å². The number of nitrogens with one attached hydrogen (secondary N) is 2. The third kappa shape index (κ3) is 3.78. The van der Waals surface area contributed by atoms with E-state index in [0.29, 0.717) is 22.8 Å². The number of carbonyl (C=O) groups excluding carboxylic acids is 1. The van der Waals surface area contributed by atoms with Crippen LogP contribution in [0.25, 0.3) is 0 Å². The molecule has 0 radical (unpaired) electrons. The normalized spacial score (nSPS) is 13.8. The highest BCUT2D eigenvalue weighted by Crippen LogP contribution is 2.23. The molecular formula is C15H15BrN4O. The Kier molecular flexibility index (Phi) is 4.15. The first-order valence-corrected chi connectivity index (χ1v) is 7.62.